The van der Waals surface area contributed by atoms with E-state index in [1.165, 1.54) is 18.3 Å². The van der Waals surface area contributed by atoms with E-state index in [2.05, 4.69) is 4.42 Å². The lowest BCUT2D eigenvalue weighted by Crippen LogP contribution is -2.14. The van der Waals surface area contributed by atoms with Gasteiger partial charge in [0, 0.05) is 17.8 Å². The van der Waals surface area contributed by atoms with E-state index in [0.717, 1.165) is 15.7 Å². The molecule has 0 aliphatic rings. The van der Waals surface area contributed by atoms with Crippen LogP contribution >= 0.6 is 11.3 Å². The van der Waals surface area contributed by atoms with Gasteiger partial charge in [0.05, 0.1) is 4.88 Å². The van der Waals surface area contributed by atoms with Gasteiger partial charge in [0.25, 0.3) is 0 Å². The third-order valence-electron chi connectivity index (χ3n) is 2.35. The minimum absolute atomic E-state index is 0.0320. The van der Waals surface area contributed by atoms with Crippen molar-refractivity contribution in [2.45, 2.75) is 19.9 Å². The molecule has 2 heterocycles. The summed E-state index contributed by atoms with van der Waals surface area (Å²) in [6.07, 6.45) is 1.59. The fraction of sp³-hybridized carbons (Fsp3) is 0.273. The van der Waals surface area contributed by atoms with Gasteiger partial charge in [-0.05, 0) is 19.1 Å². The number of carbonyl (C=O) groups is 1. The van der Waals surface area contributed by atoms with Crippen LogP contribution in [0.4, 0.5) is 0 Å². The number of hydrogen-bond donors (Lipinski definition) is 1. The highest BCUT2D eigenvalue weighted by atomic mass is 32.1. The maximum Gasteiger partial charge on any atom is 0.421 e. The highest BCUT2D eigenvalue weighted by Crippen LogP contribution is 2.18. The van der Waals surface area contributed by atoms with Crippen LogP contribution < -0.4 is 5.76 Å². The molecule has 90 valence electrons. The number of aromatic nitrogens is 1. The molecule has 0 spiro atoms. The number of rotatable bonds is 4. The Kier molecular flexibility index (Phi) is 3.14. The number of carbonyl (C=O) groups excluding carboxylic acids is 1. The van der Waals surface area contributed by atoms with Crippen molar-refractivity contribution in [1.82, 2.24) is 4.57 Å². The zero-order chi connectivity index (χ0) is 12.4. The van der Waals surface area contributed by atoms with Gasteiger partial charge in [-0.1, -0.05) is 0 Å². The number of Topliss-reactive ketones (excluding diaryl/α,β-unsaturated/α-hetero) is 1. The number of oxazole rings is 1. The van der Waals surface area contributed by atoms with Gasteiger partial charge in [-0.2, -0.15) is 0 Å². The number of hydrogen-bond acceptors (Lipinski definition) is 5. The molecule has 5 nitrogen and oxygen atoms in total. The van der Waals surface area contributed by atoms with E-state index in [9.17, 15) is 14.7 Å². The molecule has 0 aliphatic carbocycles. The third kappa shape index (κ3) is 2.47. The van der Waals surface area contributed by atoms with E-state index in [0.29, 0.717) is 17.8 Å². The summed E-state index contributed by atoms with van der Waals surface area (Å²) < 4.78 is 5.68. The maximum atomic E-state index is 11.2. The SMILES string of the molecule is CC(=O)c1ccc(CCn2c(O)coc2=O)s1. The first-order valence-electron chi connectivity index (χ1n) is 5.05. The third-order valence-corrected chi connectivity index (χ3v) is 3.60. The number of thiophene rings is 1. The van der Waals surface area contributed by atoms with E-state index in [1.807, 2.05) is 6.07 Å². The topological polar surface area (TPSA) is 72.4 Å². The first-order valence-corrected chi connectivity index (χ1v) is 5.86. The Balaban J connectivity index is 2.07. The summed E-state index contributed by atoms with van der Waals surface area (Å²) in [7, 11) is 0. The summed E-state index contributed by atoms with van der Waals surface area (Å²) in [5.74, 6) is -0.728. The van der Waals surface area contributed by atoms with E-state index in [4.69, 9.17) is 0 Å². The summed E-state index contributed by atoms with van der Waals surface area (Å²) in [5, 5.41) is 9.32. The van der Waals surface area contributed by atoms with Crippen LogP contribution in [0.25, 0.3) is 0 Å². The highest BCUT2D eigenvalue weighted by molar-refractivity contribution is 7.14. The van der Waals surface area contributed by atoms with Crippen LogP contribution in [0.1, 0.15) is 21.5 Å². The molecule has 0 unspecified atom stereocenters. The summed E-state index contributed by atoms with van der Waals surface area (Å²) in [6.45, 7) is 1.85. The lowest BCUT2D eigenvalue weighted by atomic mass is 10.3. The fourth-order valence-corrected chi connectivity index (χ4v) is 2.34. The average molecular weight is 253 g/mol. The molecule has 0 saturated heterocycles. The molecule has 0 radical (unpaired) electrons. The van der Waals surface area contributed by atoms with Gasteiger partial charge in [-0.3, -0.25) is 4.79 Å². The van der Waals surface area contributed by atoms with Crippen LogP contribution in [0.5, 0.6) is 5.88 Å². The van der Waals surface area contributed by atoms with Gasteiger partial charge in [0.2, 0.25) is 5.88 Å². The van der Waals surface area contributed by atoms with Gasteiger partial charge < -0.3 is 9.52 Å². The van der Waals surface area contributed by atoms with Crippen LogP contribution in [0.3, 0.4) is 0 Å². The molecule has 0 aromatic carbocycles. The minimum Gasteiger partial charge on any atom is -0.492 e. The summed E-state index contributed by atoms with van der Waals surface area (Å²) in [5.41, 5.74) is 0. The molecule has 17 heavy (non-hydrogen) atoms. The molecule has 2 aromatic heterocycles. The average Bonchev–Trinajstić information content (AvgIpc) is 2.85. The van der Waals surface area contributed by atoms with Crippen molar-refractivity contribution < 1.29 is 14.3 Å². The van der Waals surface area contributed by atoms with E-state index in [1.54, 1.807) is 6.07 Å². The molecule has 2 aromatic rings. The lowest BCUT2D eigenvalue weighted by Gasteiger charge is -1.99. The first kappa shape index (κ1) is 11.7. The predicted molar refractivity (Wildman–Crippen MR) is 62.7 cm³/mol. The molecule has 1 N–H and O–H groups in total. The molecular formula is C11H11NO4S. The Labute approximate surface area is 101 Å². The Morgan fingerprint density at radius 3 is 2.82 bits per heavy atom. The molecule has 2 rings (SSSR count). The van der Waals surface area contributed by atoms with Gasteiger partial charge in [0.1, 0.15) is 0 Å². The van der Waals surface area contributed by atoms with Crippen molar-refractivity contribution >= 4 is 17.1 Å². The highest BCUT2D eigenvalue weighted by Gasteiger charge is 2.08. The molecule has 0 aliphatic heterocycles. The molecule has 0 saturated carbocycles. The van der Waals surface area contributed by atoms with Gasteiger partial charge in [-0.25, -0.2) is 9.36 Å². The maximum absolute atomic E-state index is 11.2. The summed E-state index contributed by atoms with van der Waals surface area (Å²) >= 11 is 1.40. The van der Waals surface area contributed by atoms with E-state index >= 15 is 0 Å². The van der Waals surface area contributed by atoms with Crippen molar-refractivity contribution in [1.29, 1.82) is 0 Å². The first-order chi connectivity index (χ1) is 8.08. The molecular weight excluding hydrogens is 242 g/mol. The molecule has 0 atom stereocenters. The Hall–Kier alpha value is -1.82. The van der Waals surface area contributed by atoms with Gasteiger partial charge >= 0.3 is 5.76 Å². The number of aromatic hydroxyl groups is 1. The monoisotopic (exact) mass is 253 g/mol. The molecule has 0 bridgehead atoms. The Morgan fingerprint density at radius 2 is 2.29 bits per heavy atom. The smallest absolute Gasteiger partial charge is 0.421 e. The van der Waals surface area contributed by atoms with Crippen LogP contribution in [0, 0.1) is 0 Å². The van der Waals surface area contributed by atoms with Crippen LogP contribution in [0.2, 0.25) is 0 Å². The zero-order valence-electron chi connectivity index (χ0n) is 9.17. The standard InChI is InChI=1S/C11H11NO4S/c1-7(13)9-3-2-8(17-9)4-5-12-10(14)6-16-11(12)15/h2-3,6,14H,4-5H2,1H3. The summed E-state index contributed by atoms with van der Waals surface area (Å²) in [6, 6.07) is 3.61. The summed E-state index contributed by atoms with van der Waals surface area (Å²) in [4.78, 5) is 23.9. The number of ketones is 1. The lowest BCUT2D eigenvalue weighted by molar-refractivity contribution is 0.102. The van der Waals surface area contributed by atoms with Gasteiger partial charge in [-0.15, -0.1) is 11.3 Å². The second kappa shape index (κ2) is 4.58. The van der Waals surface area contributed by atoms with E-state index in [-0.39, 0.29) is 11.7 Å². The molecule has 6 heteroatoms. The largest absolute Gasteiger partial charge is 0.492 e. The van der Waals surface area contributed by atoms with Crippen LogP contribution in [-0.4, -0.2) is 15.5 Å². The predicted octanol–water partition coefficient (Wildman–Crippen LogP) is 1.65. The Bertz CT molecular complexity index is 593. The minimum atomic E-state index is -0.578. The normalized spacial score (nSPS) is 10.6. The van der Waals surface area contributed by atoms with Gasteiger partial charge in [0.15, 0.2) is 12.0 Å². The zero-order valence-corrected chi connectivity index (χ0v) is 9.99. The van der Waals surface area contributed by atoms with Crippen molar-refractivity contribution in [3.8, 4) is 5.88 Å². The van der Waals surface area contributed by atoms with Crippen molar-refractivity contribution in [3.05, 3.63) is 38.7 Å². The van der Waals surface area contributed by atoms with Crippen molar-refractivity contribution in [2.75, 3.05) is 0 Å². The fourth-order valence-electron chi connectivity index (χ4n) is 1.45. The van der Waals surface area contributed by atoms with Crippen LogP contribution in [0.15, 0.2) is 27.6 Å². The quantitative estimate of drug-likeness (QED) is 0.841. The molecule has 0 fully saturated rings. The molecule has 0 amide bonds. The number of nitrogens with zero attached hydrogens (tertiary/aromatic N) is 1. The van der Waals surface area contributed by atoms with Crippen molar-refractivity contribution in [2.24, 2.45) is 0 Å². The number of aryl methyl sites for hydroxylation is 1. The van der Waals surface area contributed by atoms with Crippen molar-refractivity contribution in [3.63, 3.8) is 0 Å². The van der Waals surface area contributed by atoms with E-state index < -0.39 is 5.76 Å². The Morgan fingerprint density at radius 1 is 1.53 bits per heavy atom. The van der Waals surface area contributed by atoms with Crippen LogP contribution in [-0.2, 0) is 13.0 Å². The second-order valence-electron chi connectivity index (χ2n) is 3.58. The second-order valence-corrected chi connectivity index (χ2v) is 4.75.